The summed E-state index contributed by atoms with van der Waals surface area (Å²) >= 11 is 0. The van der Waals surface area contributed by atoms with Gasteiger partial charge in [0.15, 0.2) is 11.4 Å². The van der Waals surface area contributed by atoms with E-state index < -0.39 is 0 Å². The lowest BCUT2D eigenvalue weighted by molar-refractivity contribution is -0.133. The zero-order valence-corrected chi connectivity index (χ0v) is 14.9. The third kappa shape index (κ3) is 2.37. The summed E-state index contributed by atoms with van der Waals surface area (Å²) in [5, 5.41) is 0.752. The quantitative estimate of drug-likeness (QED) is 0.405. The van der Waals surface area contributed by atoms with Crippen LogP contribution < -0.4 is 4.74 Å². The van der Waals surface area contributed by atoms with Gasteiger partial charge in [0, 0.05) is 25.6 Å². The van der Waals surface area contributed by atoms with Gasteiger partial charge in [0.05, 0.1) is 11.0 Å². The lowest BCUT2D eigenvalue weighted by Gasteiger charge is -2.07. The molecule has 0 fully saturated rings. The van der Waals surface area contributed by atoms with Crippen LogP contribution in [0.4, 0.5) is 0 Å². The van der Waals surface area contributed by atoms with Gasteiger partial charge < -0.3 is 9.30 Å². The van der Waals surface area contributed by atoms with Crippen LogP contribution >= 0.6 is 0 Å². The van der Waals surface area contributed by atoms with E-state index in [1.165, 1.54) is 0 Å². The summed E-state index contributed by atoms with van der Waals surface area (Å²) in [5.74, 6) is 1.12. The lowest BCUT2D eigenvalue weighted by atomic mass is 10.3. The van der Waals surface area contributed by atoms with Crippen LogP contribution in [0.1, 0.15) is 26.1 Å². The predicted octanol–water partition coefficient (Wildman–Crippen LogP) is 3.90. The molecule has 6 heteroatoms. The first kappa shape index (κ1) is 16.3. The molecule has 3 heterocycles. The van der Waals surface area contributed by atoms with Gasteiger partial charge in [-0.25, -0.2) is 9.97 Å². The molecule has 0 saturated carbocycles. The van der Waals surface area contributed by atoms with E-state index in [2.05, 4.69) is 17.9 Å². The first-order valence-electron chi connectivity index (χ1n) is 8.78. The number of rotatable bonds is 5. The minimum absolute atomic E-state index is 0.281. The van der Waals surface area contributed by atoms with E-state index in [0.717, 1.165) is 40.0 Å². The van der Waals surface area contributed by atoms with Crippen molar-refractivity contribution in [2.75, 3.05) is 0 Å². The van der Waals surface area contributed by atoms with Crippen LogP contribution in [0.3, 0.4) is 0 Å². The molecule has 0 amide bonds. The van der Waals surface area contributed by atoms with E-state index in [1.807, 2.05) is 35.0 Å². The fourth-order valence-electron chi connectivity index (χ4n) is 3.27. The highest BCUT2D eigenvalue weighted by Gasteiger charge is 2.21. The standard InChI is InChI=1S/C20H20N4O2/c1-4-11-23-12-15(26-17(25)6-3)18-19(23)22-16(5-2)24-14-10-8-7-9-13(14)21-20(18)24/h4,7-10,12H,1,5-6,11H2,2-3H3. The highest BCUT2D eigenvalue weighted by atomic mass is 16.5. The molecule has 0 spiro atoms. The topological polar surface area (TPSA) is 61.4 Å². The number of aryl methyl sites for hydroxylation is 1. The molecule has 0 N–H and O–H groups in total. The number of para-hydroxylation sites is 2. The van der Waals surface area contributed by atoms with Gasteiger partial charge in [-0.2, -0.15) is 0 Å². The second kappa shape index (κ2) is 6.29. The third-order valence-corrected chi connectivity index (χ3v) is 4.45. The van der Waals surface area contributed by atoms with Crippen LogP contribution in [0.25, 0.3) is 27.7 Å². The minimum Gasteiger partial charge on any atom is -0.424 e. The highest BCUT2D eigenvalue weighted by Crippen LogP contribution is 2.33. The van der Waals surface area contributed by atoms with Crippen LogP contribution in [0.15, 0.2) is 43.1 Å². The number of esters is 1. The van der Waals surface area contributed by atoms with Crippen molar-refractivity contribution in [2.24, 2.45) is 0 Å². The van der Waals surface area contributed by atoms with Crippen molar-refractivity contribution in [2.45, 2.75) is 33.2 Å². The molecule has 0 aliphatic heterocycles. The molecule has 132 valence electrons. The number of ether oxygens (including phenoxy) is 1. The largest absolute Gasteiger partial charge is 0.424 e. The number of carbonyl (C=O) groups excluding carboxylic acids is 1. The number of benzene rings is 1. The molecule has 0 atom stereocenters. The maximum absolute atomic E-state index is 11.9. The number of aromatic nitrogens is 4. The summed E-state index contributed by atoms with van der Waals surface area (Å²) in [6.07, 6.45) is 4.67. The molecule has 26 heavy (non-hydrogen) atoms. The first-order valence-corrected chi connectivity index (χ1v) is 8.78. The monoisotopic (exact) mass is 348 g/mol. The fourth-order valence-corrected chi connectivity index (χ4v) is 3.27. The summed E-state index contributed by atoms with van der Waals surface area (Å²) in [5.41, 5.74) is 3.40. The number of nitrogens with zero attached hydrogens (tertiary/aromatic N) is 4. The molecular formula is C20H20N4O2. The van der Waals surface area contributed by atoms with Crippen LogP contribution in [0.2, 0.25) is 0 Å². The molecule has 0 saturated heterocycles. The van der Waals surface area contributed by atoms with E-state index in [1.54, 1.807) is 13.0 Å². The van der Waals surface area contributed by atoms with Crippen molar-refractivity contribution in [3.63, 3.8) is 0 Å². The van der Waals surface area contributed by atoms with E-state index in [4.69, 9.17) is 14.7 Å². The summed E-state index contributed by atoms with van der Waals surface area (Å²) in [6, 6.07) is 7.96. The van der Waals surface area contributed by atoms with Crippen LogP contribution in [0, 0.1) is 0 Å². The molecule has 6 nitrogen and oxygen atoms in total. The van der Waals surface area contributed by atoms with Gasteiger partial charge in [0.1, 0.15) is 16.9 Å². The van der Waals surface area contributed by atoms with Crippen molar-refractivity contribution >= 4 is 33.7 Å². The number of hydrogen-bond acceptors (Lipinski definition) is 4. The second-order valence-corrected chi connectivity index (χ2v) is 6.10. The average Bonchev–Trinajstić information content (AvgIpc) is 3.20. The molecule has 0 aliphatic rings. The SMILES string of the molecule is C=CCn1cc(OC(=O)CC)c2c1nc(CC)n1c3ccccc3nc21. The Morgan fingerprint density at radius 3 is 2.77 bits per heavy atom. The van der Waals surface area contributed by atoms with Crippen molar-refractivity contribution in [3.05, 3.63) is 48.9 Å². The molecule has 0 radical (unpaired) electrons. The summed E-state index contributed by atoms with van der Waals surface area (Å²) in [6.45, 7) is 8.23. The Hall–Kier alpha value is -3.15. The summed E-state index contributed by atoms with van der Waals surface area (Å²) in [7, 11) is 0. The Morgan fingerprint density at radius 1 is 1.23 bits per heavy atom. The average molecular weight is 348 g/mol. The molecule has 4 rings (SSSR count). The molecule has 1 aromatic carbocycles. The zero-order chi connectivity index (χ0) is 18.3. The first-order chi connectivity index (χ1) is 12.7. The van der Waals surface area contributed by atoms with Gasteiger partial charge in [0.25, 0.3) is 0 Å². The van der Waals surface area contributed by atoms with E-state index in [0.29, 0.717) is 18.7 Å². The van der Waals surface area contributed by atoms with Gasteiger partial charge in [-0.3, -0.25) is 9.20 Å². The van der Waals surface area contributed by atoms with Crippen LogP contribution in [0.5, 0.6) is 5.75 Å². The number of imidazole rings is 1. The normalized spacial score (nSPS) is 11.5. The van der Waals surface area contributed by atoms with E-state index in [-0.39, 0.29) is 5.97 Å². The number of fused-ring (bicyclic) bond motifs is 5. The van der Waals surface area contributed by atoms with Crippen molar-refractivity contribution in [1.82, 2.24) is 18.9 Å². The Kier molecular flexibility index (Phi) is 3.95. The predicted molar refractivity (Wildman–Crippen MR) is 101 cm³/mol. The Morgan fingerprint density at radius 2 is 2.04 bits per heavy atom. The van der Waals surface area contributed by atoms with E-state index >= 15 is 0 Å². The Bertz CT molecular complexity index is 1150. The second-order valence-electron chi connectivity index (χ2n) is 6.10. The maximum atomic E-state index is 11.9. The van der Waals surface area contributed by atoms with Crippen molar-refractivity contribution < 1.29 is 9.53 Å². The van der Waals surface area contributed by atoms with Gasteiger partial charge in [0.2, 0.25) is 0 Å². The number of allylic oxidation sites excluding steroid dienone is 1. The molecular weight excluding hydrogens is 328 g/mol. The molecule has 0 aliphatic carbocycles. The smallest absolute Gasteiger partial charge is 0.310 e. The van der Waals surface area contributed by atoms with Crippen molar-refractivity contribution in [3.8, 4) is 5.75 Å². The highest BCUT2D eigenvalue weighted by molar-refractivity contribution is 6.00. The van der Waals surface area contributed by atoms with Gasteiger partial charge >= 0.3 is 5.97 Å². The minimum atomic E-state index is -0.281. The van der Waals surface area contributed by atoms with Crippen molar-refractivity contribution in [1.29, 1.82) is 0 Å². The number of hydrogen-bond donors (Lipinski definition) is 0. The van der Waals surface area contributed by atoms with Crippen LogP contribution in [-0.2, 0) is 17.8 Å². The zero-order valence-electron chi connectivity index (χ0n) is 14.9. The number of carbonyl (C=O) groups is 1. The van der Waals surface area contributed by atoms with Crippen LogP contribution in [-0.4, -0.2) is 24.9 Å². The Labute approximate surface area is 150 Å². The fraction of sp³-hybridized carbons (Fsp3) is 0.250. The van der Waals surface area contributed by atoms with Gasteiger partial charge in [-0.15, -0.1) is 6.58 Å². The molecule has 0 unspecified atom stereocenters. The van der Waals surface area contributed by atoms with Gasteiger partial charge in [-0.05, 0) is 12.1 Å². The molecule has 4 aromatic rings. The maximum Gasteiger partial charge on any atom is 0.310 e. The summed E-state index contributed by atoms with van der Waals surface area (Å²) in [4.78, 5) is 21.6. The molecule has 3 aromatic heterocycles. The Balaban J connectivity index is 2.15. The lowest BCUT2D eigenvalue weighted by Crippen LogP contribution is -2.06. The molecule has 0 bridgehead atoms. The summed E-state index contributed by atoms with van der Waals surface area (Å²) < 4.78 is 9.59. The third-order valence-electron chi connectivity index (χ3n) is 4.45. The van der Waals surface area contributed by atoms with Gasteiger partial charge in [-0.1, -0.05) is 32.1 Å². The van der Waals surface area contributed by atoms with E-state index in [9.17, 15) is 4.79 Å².